The van der Waals surface area contributed by atoms with Crippen molar-refractivity contribution in [3.63, 3.8) is 0 Å². The number of aromatic amines is 1. The van der Waals surface area contributed by atoms with E-state index in [9.17, 15) is 9.59 Å². The van der Waals surface area contributed by atoms with Crippen LogP contribution in [0.25, 0.3) is 10.9 Å². The Morgan fingerprint density at radius 1 is 1.17 bits per heavy atom. The normalized spacial score (nSPS) is 13.1. The summed E-state index contributed by atoms with van der Waals surface area (Å²) in [5.41, 5.74) is 3.02. The number of nitrogens with two attached hydrogens (primary N) is 1. The highest BCUT2D eigenvalue weighted by molar-refractivity contribution is 6.30. The third kappa shape index (κ3) is 5.37. The molecule has 2 aromatic carbocycles. The molecule has 0 aliphatic heterocycles. The molecular weight excluding hydrogens is 390 g/mol. The monoisotopic (exact) mass is 414 g/mol. The predicted molar refractivity (Wildman–Crippen MR) is 113 cm³/mol. The van der Waals surface area contributed by atoms with E-state index in [1.165, 1.54) is 7.11 Å². The molecule has 29 heavy (non-hydrogen) atoms. The molecule has 0 radical (unpaired) electrons. The van der Waals surface area contributed by atoms with Crippen LogP contribution in [0.15, 0.2) is 54.7 Å². The van der Waals surface area contributed by atoms with Crippen LogP contribution in [-0.4, -0.2) is 36.6 Å². The highest BCUT2D eigenvalue weighted by Crippen LogP contribution is 2.19. The number of para-hydroxylation sites is 1. The zero-order valence-corrected chi connectivity index (χ0v) is 17.2. The molecule has 7 heteroatoms. The van der Waals surface area contributed by atoms with E-state index in [4.69, 9.17) is 16.3 Å². The molecule has 0 fully saturated rings. The number of fused-ring (bicyclic) bond motifs is 1. The summed E-state index contributed by atoms with van der Waals surface area (Å²) in [6.07, 6.45) is 2.22. The molecule has 0 aliphatic carbocycles. The number of quaternary nitrogens is 1. The number of hydrogen-bond donors (Lipinski definition) is 3. The number of carbonyl (C=O) groups excluding carboxylic acids is 2. The van der Waals surface area contributed by atoms with Gasteiger partial charge in [0.1, 0.15) is 12.1 Å². The highest BCUT2D eigenvalue weighted by atomic mass is 35.5. The van der Waals surface area contributed by atoms with Gasteiger partial charge in [0.15, 0.2) is 6.54 Å². The minimum Gasteiger partial charge on any atom is -0.467 e. The first-order valence-corrected chi connectivity index (χ1v) is 9.86. The number of methoxy groups -OCH3 is 1. The highest BCUT2D eigenvalue weighted by Gasteiger charge is 2.24. The van der Waals surface area contributed by atoms with Crippen molar-refractivity contribution in [3.8, 4) is 0 Å². The van der Waals surface area contributed by atoms with E-state index < -0.39 is 12.0 Å². The minimum absolute atomic E-state index is 0.0863. The smallest absolute Gasteiger partial charge is 0.328 e. The first kappa shape index (κ1) is 20.9. The molecule has 0 saturated heterocycles. The van der Waals surface area contributed by atoms with Crippen LogP contribution in [-0.2, 0) is 20.7 Å². The Hall–Kier alpha value is -2.83. The van der Waals surface area contributed by atoms with Crippen LogP contribution < -0.4 is 10.6 Å². The maximum atomic E-state index is 12.5. The van der Waals surface area contributed by atoms with Crippen molar-refractivity contribution in [2.24, 2.45) is 0 Å². The maximum Gasteiger partial charge on any atom is 0.328 e. The number of esters is 1. The second-order valence-corrected chi connectivity index (χ2v) is 7.42. The number of amides is 1. The number of hydrogen-bond acceptors (Lipinski definition) is 3. The summed E-state index contributed by atoms with van der Waals surface area (Å²) < 4.78 is 4.89. The molecule has 6 nitrogen and oxygen atoms in total. The van der Waals surface area contributed by atoms with Crippen LogP contribution in [0.5, 0.6) is 0 Å². The Labute approximate surface area is 174 Å². The average Bonchev–Trinajstić information content (AvgIpc) is 3.14. The predicted octanol–water partition coefficient (Wildman–Crippen LogP) is 2.35. The van der Waals surface area contributed by atoms with E-state index in [-0.39, 0.29) is 18.5 Å². The summed E-state index contributed by atoms with van der Waals surface area (Å²) in [4.78, 5) is 27.9. The van der Waals surface area contributed by atoms with Gasteiger partial charge < -0.3 is 20.4 Å². The molecule has 3 aromatic rings. The van der Waals surface area contributed by atoms with Crippen LogP contribution in [0.2, 0.25) is 5.02 Å². The van der Waals surface area contributed by atoms with Crippen LogP contribution in [0, 0.1) is 0 Å². The Morgan fingerprint density at radius 2 is 1.90 bits per heavy atom. The molecule has 0 bridgehead atoms. The second kappa shape index (κ2) is 9.58. The fourth-order valence-corrected chi connectivity index (χ4v) is 3.42. The van der Waals surface area contributed by atoms with Crippen LogP contribution >= 0.6 is 11.6 Å². The molecular formula is C22H25ClN3O3+. The van der Waals surface area contributed by atoms with Gasteiger partial charge in [-0.05, 0) is 30.7 Å². The largest absolute Gasteiger partial charge is 0.467 e. The fraction of sp³-hybridized carbons (Fsp3) is 0.273. The lowest BCUT2D eigenvalue weighted by Gasteiger charge is -2.17. The molecule has 152 valence electrons. The van der Waals surface area contributed by atoms with E-state index in [0.717, 1.165) is 22.0 Å². The summed E-state index contributed by atoms with van der Waals surface area (Å²) in [7, 11) is 1.32. The quantitative estimate of drug-likeness (QED) is 0.494. The van der Waals surface area contributed by atoms with Crippen LogP contribution in [0.3, 0.4) is 0 Å². The van der Waals surface area contributed by atoms with Crippen molar-refractivity contribution in [1.82, 2.24) is 10.3 Å². The molecule has 1 amide bonds. The fourth-order valence-electron chi connectivity index (χ4n) is 3.30. The van der Waals surface area contributed by atoms with E-state index in [0.29, 0.717) is 11.4 Å². The van der Waals surface area contributed by atoms with Gasteiger partial charge in [-0.25, -0.2) is 4.79 Å². The van der Waals surface area contributed by atoms with E-state index >= 15 is 0 Å². The third-order valence-electron chi connectivity index (χ3n) is 4.97. The van der Waals surface area contributed by atoms with Gasteiger partial charge in [0.2, 0.25) is 0 Å². The molecule has 0 spiro atoms. The standard InChI is InChI=1S/C22H24ClN3O3/c1-14(15-7-9-17(23)10-8-15)24-13-21(27)26-20(22(28)29-2)11-16-12-25-19-6-4-3-5-18(16)19/h3-10,12,14,20,24-25H,11,13H2,1-2H3,(H,26,27)/p+1/t14-,20-/m1/s1. The lowest BCUT2D eigenvalue weighted by atomic mass is 10.0. The number of aromatic nitrogens is 1. The molecule has 0 aliphatic rings. The lowest BCUT2D eigenvalue weighted by Crippen LogP contribution is -2.87. The Kier molecular flexibility index (Phi) is 6.90. The zero-order valence-electron chi connectivity index (χ0n) is 16.4. The summed E-state index contributed by atoms with van der Waals surface area (Å²) in [6.45, 7) is 2.21. The van der Waals surface area contributed by atoms with Crippen molar-refractivity contribution >= 4 is 34.4 Å². The number of carbonyl (C=O) groups is 2. The molecule has 3 rings (SSSR count). The van der Waals surface area contributed by atoms with E-state index in [1.54, 1.807) is 0 Å². The molecule has 2 atom stereocenters. The Morgan fingerprint density at radius 3 is 2.62 bits per heavy atom. The maximum absolute atomic E-state index is 12.5. The number of nitrogens with one attached hydrogen (secondary N) is 2. The Bertz CT molecular complexity index is 984. The van der Waals surface area contributed by atoms with E-state index in [1.807, 2.05) is 67.0 Å². The summed E-state index contributed by atoms with van der Waals surface area (Å²) >= 11 is 5.92. The number of H-pyrrole nitrogens is 1. The topological polar surface area (TPSA) is 87.8 Å². The SMILES string of the molecule is COC(=O)[C@@H](Cc1c[nH]c2ccccc12)NC(=O)C[NH2+][C@H](C)c1ccc(Cl)cc1. The van der Waals surface area contributed by atoms with Crippen molar-refractivity contribution in [2.75, 3.05) is 13.7 Å². The van der Waals surface area contributed by atoms with Crippen LogP contribution in [0.1, 0.15) is 24.1 Å². The number of ether oxygens (including phenoxy) is 1. The second-order valence-electron chi connectivity index (χ2n) is 6.99. The van der Waals surface area contributed by atoms with Gasteiger partial charge in [0, 0.05) is 34.1 Å². The molecule has 0 saturated carbocycles. The number of benzene rings is 2. The average molecular weight is 415 g/mol. The summed E-state index contributed by atoms with van der Waals surface area (Å²) in [5, 5.41) is 6.43. The molecule has 4 N–H and O–H groups in total. The van der Waals surface area contributed by atoms with Crippen molar-refractivity contribution in [3.05, 3.63) is 70.9 Å². The molecule has 1 heterocycles. The molecule has 1 aromatic heterocycles. The first-order chi connectivity index (χ1) is 14.0. The van der Waals surface area contributed by atoms with E-state index in [2.05, 4.69) is 10.3 Å². The van der Waals surface area contributed by atoms with Gasteiger partial charge in [-0.2, -0.15) is 0 Å². The third-order valence-corrected chi connectivity index (χ3v) is 5.22. The molecule has 0 unspecified atom stereocenters. The summed E-state index contributed by atoms with van der Waals surface area (Å²) in [6, 6.07) is 14.7. The van der Waals surface area contributed by atoms with Crippen LogP contribution in [0.4, 0.5) is 0 Å². The van der Waals surface area contributed by atoms with Gasteiger partial charge in [0.05, 0.1) is 7.11 Å². The zero-order chi connectivity index (χ0) is 20.8. The van der Waals surface area contributed by atoms with Gasteiger partial charge in [-0.1, -0.05) is 41.9 Å². The van der Waals surface area contributed by atoms with Gasteiger partial charge >= 0.3 is 5.97 Å². The van der Waals surface area contributed by atoms with Crippen molar-refractivity contribution in [2.45, 2.75) is 25.4 Å². The Balaban J connectivity index is 1.61. The van der Waals surface area contributed by atoms with Crippen molar-refractivity contribution in [1.29, 1.82) is 0 Å². The summed E-state index contributed by atoms with van der Waals surface area (Å²) in [5.74, 6) is -0.685. The van der Waals surface area contributed by atoms with Crippen molar-refractivity contribution < 1.29 is 19.6 Å². The minimum atomic E-state index is -0.744. The van der Waals surface area contributed by atoms with Gasteiger partial charge in [-0.3, -0.25) is 4.79 Å². The van der Waals surface area contributed by atoms with Gasteiger partial charge in [-0.15, -0.1) is 0 Å². The van der Waals surface area contributed by atoms with Gasteiger partial charge in [0.25, 0.3) is 5.91 Å². The first-order valence-electron chi connectivity index (χ1n) is 9.49. The lowest BCUT2D eigenvalue weighted by molar-refractivity contribution is -0.682. The number of halogens is 1. The number of rotatable bonds is 8.